The van der Waals surface area contributed by atoms with Crippen molar-refractivity contribution in [1.29, 1.82) is 0 Å². The van der Waals surface area contributed by atoms with E-state index in [0.29, 0.717) is 12.0 Å². The predicted octanol–water partition coefficient (Wildman–Crippen LogP) is 4.13. The smallest absolute Gasteiger partial charge is 0.123 e. The summed E-state index contributed by atoms with van der Waals surface area (Å²) in [5.74, 6) is 0.309. The summed E-state index contributed by atoms with van der Waals surface area (Å²) in [4.78, 5) is 6.04. The van der Waals surface area contributed by atoms with Gasteiger partial charge in [0.2, 0.25) is 0 Å². The highest BCUT2D eigenvalue weighted by Gasteiger charge is 2.26. The van der Waals surface area contributed by atoms with Crippen LogP contribution in [0, 0.1) is 5.82 Å². The quantitative estimate of drug-likeness (QED) is 0.767. The van der Waals surface area contributed by atoms with Crippen molar-refractivity contribution >= 4 is 0 Å². The van der Waals surface area contributed by atoms with Crippen molar-refractivity contribution in [3.8, 4) is 0 Å². The summed E-state index contributed by atoms with van der Waals surface area (Å²) in [7, 11) is 0. The van der Waals surface area contributed by atoms with E-state index in [9.17, 15) is 4.39 Å². The van der Waals surface area contributed by atoms with E-state index < -0.39 is 0 Å². The highest BCUT2D eigenvalue weighted by Crippen LogP contribution is 2.28. The molecule has 0 amide bonds. The molecule has 1 heterocycles. The topological polar surface area (TPSA) is 12.5 Å². The first-order chi connectivity index (χ1) is 9.22. The maximum atomic E-state index is 12.9. The third kappa shape index (κ3) is 4.02. The van der Waals surface area contributed by atoms with E-state index in [-0.39, 0.29) is 5.82 Å². The molecule has 1 aliphatic heterocycles. The van der Waals surface area contributed by atoms with Gasteiger partial charge in [0.25, 0.3) is 0 Å². The summed E-state index contributed by atoms with van der Waals surface area (Å²) in [6, 6.07) is 6.88. The monoisotopic (exact) mass is 265 g/mol. The van der Waals surface area contributed by atoms with Crippen LogP contribution in [0.25, 0.3) is 0 Å². The molecule has 0 saturated carbocycles. The van der Waals surface area contributed by atoms with Gasteiger partial charge in [-0.3, -0.25) is 4.84 Å². The normalized spacial score (nSPS) is 21.7. The van der Waals surface area contributed by atoms with E-state index in [0.717, 1.165) is 38.8 Å². The Morgan fingerprint density at radius 3 is 2.68 bits per heavy atom. The number of rotatable bonds is 6. The van der Waals surface area contributed by atoms with Crippen LogP contribution in [-0.4, -0.2) is 24.3 Å². The summed E-state index contributed by atoms with van der Waals surface area (Å²) in [6.07, 6.45) is 4.78. The van der Waals surface area contributed by atoms with Gasteiger partial charge in [0, 0.05) is 19.0 Å². The highest BCUT2D eigenvalue weighted by atomic mass is 19.1. The van der Waals surface area contributed by atoms with Gasteiger partial charge in [-0.05, 0) is 37.0 Å². The Bertz CT molecular complexity index is 379. The average Bonchev–Trinajstić information content (AvgIpc) is 2.87. The van der Waals surface area contributed by atoms with Gasteiger partial charge in [0.15, 0.2) is 0 Å². The van der Waals surface area contributed by atoms with Crippen LogP contribution < -0.4 is 0 Å². The minimum Gasteiger partial charge on any atom is -0.296 e. The zero-order valence-electron chi connectivity index (χ0n) is 11.9. The summed E-state index contributed by atoms with van der Waals surface area (Å²) in [5, 5.41) is 2.10. The van der Waals surface area contributed by atoms with Crippen LogP contribution in [0.1, 0.15) is 51.0 Å². The Morgan fingerprint density at radius 1 is 1.32 bits per heavy atom. The lowest BCUT2D eigenvalue weighted by Crippen LogP contribution is -2.27. The Balaban J connectivity index is 1.87. The summed E-state index contributed by atoms with van der Waals surface area (Å²) < 4.78 is 12.9. The molecule has 19 heavy (non-hydrogen) atoms. The highest BCUT2D eigenvalue weighted by molar-refractivity contribution is 5.21. The molecule has 1 aromatic carbocycles. The standard InChI is InChI=1S/C16H24FNO/c1-3-5-16(4-2)19-18-11-10-14(12-18)13-6-8-15(17)9-7-13/h6-9,14,16H,3-5,10-12H2,1-2H3. The van der Waals surface area contributed by atoms with E-state index in [1.807, 2.05) is 12.1 Å². The molecule has 2 atom stereocenters. The number of benzene rings is 1. The Morgan fingerprint density at radius 2 is 2.05 bits per heavy atom. The van der Waals surface area contributed by atoms with Crippen molar-refractivity contribution in [2.75, 3.05) is 13.1 Å². The van der Waals surface area contributed by atoms with Gasteiger partial charge in [0.1, 0.15) is 5.82 Å². The first-order valence-corrected chi connectivity index (χ1v) is 7.40. The Hall–Kier alpha value is -0.930. The molecule has 0 N–H and O–H groups in total. The molecule has 1 aromatic rings. The average molecular weight is 265 g/mol. The molecule has 0 aromatic heterocycles. The fourth-order valence-electron chi connectivity index (χ4n) is 2.70. The fraction of sp³-hybridized carbons (Fsp3) is 0.625. The maximum absolute atomic E-state index is 12.9. The van der Waals surface area contributed by atoms with Gasteiger partial charge in [-0.15, -0.1) is 0 Å². The second kappa shape index (κ2) is 7.01. The van der Waals surface area contributed by atoms with Crippen LogP contribution in [-0.2, 0) is 4.84 Å². The van der Waals surface area contributed by atoms with Gasteiger partial charge < -0.3 is 0 Å². The summed E-state index contributed by atoms with van der Waals surface area (Å²) >= 11 is 0. The number of hydroxylamine groups is 2. The van der Waals surface area contributed by atoms with Gasteiger partial charge in [0.05, 0.1) is 6.10 Å². The molecule has 3 heteroatoms. The third-order valence-electron chi connectivity index (χ3n) is 3.86. The molecule has 1 saturated heterocycles. The van der Waals surface area contributed by atoms with Crippen molar-refractivity contribution in [2.45, 2.75) is 51.6 Å². The van der Waals surface area contributed by atoms with Crippen molar-refractivity contribution in [2.24, 2.45) is 0 Å². The lowest BCUT2D eigenvalue weighted by molar-refractivity contribution is -0.187. The molecule has 0 bridgehead atoms. The van der Waals surface area contributed by atoms with Crippen molar-refractivity contribution < 1.29 is 9.23 Å². The van der Waals surface area contributed by atoms with Crippen LogP contribution in [0.2, 0.25) is 0 Å². The summed E-state index contributed by atoms with van der Waals surface area (Å²) in [5.41, 5.74) is 1.22. The van der Waals surface area contributed by atoms with Crippen molar-refractivity contribution in [3.05, 3.63) is 35.6 Å². The second-order valence-corrected chi connectivity index (χ2v) is 5.35. The van der Waals surface area contributed by atoms with Crippen LogP contribution in [0.15, 0.2) is 24.3 Å². The zero-order valence-corrected chi connectivity index (χ0v) is 11.9. The predicted molar refractivity (Wildman–Crippen MR) is 75.4 cm³/mol. The molecule has 1 fully saturated rings. The van der Waals surface area contributed by atoms with Gasteiger partial charge in [-0.25, -0.2) is 4.39 Å². The molecule has 2 nitrogen and oxygen atoms in total. The van der Waals surface area contributed by atoms with Gasteiger partial charge >= 0.3 is 0 Å². The molecule has 0 aliphatic carbocycles. The number of halogens is 1. The van der Waals surface area contributed by atoms with Crippen molar-refractivity contribution in [1.82, 2.24) is 5.06 Å². The van der Waals surface area contributed by atoms with E-state index >= 15 is 0 Å². The van der Waals surface area contributed by atoms with Crippen molar-refractivity contribution in [3.63, 3.8) is 0 Å². The molecule has 1 aliphatic rings. The number of hydrogen-bond acceptors (Lipinski definition) is 2. The molecular weight excluding hydrogens is 241 g/mol. The van der Waals surface area contributed by atoms with E-state index in [1.165, 1.54) is 5.56 Å². The number of hydrogen-bond donors (Lipinski definition) is 0. The third-order valence-corrected chi connectivity index (χ3v) is 3.86. The Labute approximate surface area is 115 Å². The first-order valence-electron chi connectivity index (χ1n) is 7.40. The van der Waals surface area contributed by atoms with Crippen LogP contribution in [0.4, 0.5) is 4.39 Å². The van der Waals surface area contributed by atoms with Crippen LogP contribution in [0.3, 0.4) is 0 Å². The second-order valence-electron chi connectivity index (χ2n) is 5.35. The van der Waals surface area contributed by atoms with Crippen LogP contribution >= 0.6 is 0 Å². The Kier molecular flexibility index (Phi) is 5.34. The molecule has 2 unspecified atom stereocenters. The van der Waals surface area contributed by atoms with Crippen LogP contribution in [0.5, 0.6) is 0 Å². The molecule has 0 radical (unpaired) electrons. The minimum absolute atomic E-state index is 0.163. The zero-order chi connectivity index (χ0) is 13.7. The number of nitrogens with zero attached hydrogens (tertiary/aromatic N) is 1. The molecule has 106 valence electrons. The minimum atomic E-state index is -0.163. The lowest BCUT2D eigenvalue weighted by atomic mass is 9.99. The maximum Gasteiger partial charge on any atom is 0.123 e. The molecular formula is C16H24FNO. The van der Waals surface area contributed by atoms with E-state index in [2.05, 4.69) is 18.9 Å². The van der Waals surface area contributed by atoms with E-state index in [4.69, 9.17) is 4.84 Å². The van der Waals surface area contributed by atoms with Gasteiger partial charge in [-0.1, -0.05) is 32.4 Å². The fourth-order valence-corrected chi connectivity index (χ4v) is 2.70. The van der Waals surface area contributed by atoms with Gasteiger partial charge in [-0.2, -0.15) is 5.06 Å². The largest absolute Gasteiger partial charge is 0.296 e. The summed E-state index contributed by atoms with van der Waals surface area (Å²) in [6.45, 7) is 6.26. The SMILES string of the molecule is CCCC(CC)ON1CCC(c2ccc(F)cc2)C1. The molecule has 2 rings (SSSR count). The molecule has 0 spiro atoms. The lowest BCUT2D eigenvalue weighted by Gasteiger charge is -2.23. The first kappa shape index (κ1) is 14.5. The van der Waals surface area contributed by atoms with E-state index in [1.54, 1.807) is 12.1 Å².